The average Bonchev–Trinajstić information content (AvgIpc) is 3.03. The van der Waals surface area contributed by atoms with Gasteiger partial charge in [0.2, 0.25) is 0 Å². The quantitative estimate of drug-likeness (QED) is 0.412. The minimum atomic E-state index is 0. The molecule has 1 fully saturated rings. The largest absolute Gasteiger partial charge is 0.489 e. The van der Waals surface area contributed by atoms with Gasteiger partial charge in [-0.2, -0.15) is 0 Å². The van der Waals surface area contributed by atoms with Gasteiger partial charge < -0.3 is 20.1 Å². The summed E-state index contributed by atoms with van der Waals surface area (Å²) in [5.41, 5.74) is 1.15. The molecule has 0 aromatic heterocycles. The standard InChI is InChI=1S/C17H27N3O2.HI/c1-13-7-4-5-9-16(13)22-14(2)11-19-17(18-3)20-12-15-8-6-10-21-15;/h4-5,7,9,14-15H,6,8,10-12H2,1-3H3,(H2,18,19,20);1H. The number of ether oxygens (including phenoxy) is 2. The molecule has 1 aromatic rings. The number of para-hydroxylation sites is 1. The number of guanidine groups is 1. The molecule has 2 atom stereocenters. The molecule has 0 spiro atoms. The first kappa shape index (κ1) is 20.0. The van der Waals surface area contributed by atoms with Crippen LogP contribution in [-0.4, -0.2) is 44.9 Å². The molecule has 2 unspecified atom stereocenters. The maximum Gasteiger partial charge on any atom is 0.191 e. The third-order valence-electron chi connectivity index (χ3n) is 3.72. The first-order valence-electron chi connectivity index (χ1n) is 7.97. The SMILES string of the molecule is CN=C(NCC(C)Oc1ccccc1C)NCC1CCCO1.I. The summed E-state index contributed by atoms with van der Waals surface area (Å²) in [7, 11) is 1.78. The van der Waals surface area contributed by atoms with Gasteiger partial charge in [-0.05, 0) is 38.3 Å². The van der Waals surface area contributed by atoms with Crippen molar-refractivity contribution in [1.82, 2.24) is 10.6 Å². The third kappa shape index (κ3) is 6.95. The molecule has 2 rings (SSSR count). The molecule has 0 aliphatic carbocycles. The van der Waals surface area contributed by atoms with E-state index in [2.05, 4.69) is 28.6 Å². The van der Waals surface area contributed by atoms with E-state index in [1.165, 1.54) is 0 Å². The molecule has 0 saturated carbocycles. The molecule has 2 N–H and O–H groups in total. The number of hydrogen-bond acceptors (Lipinski definition) is 3. The van der Waals surface area contributed by atoms with Crippen LogP contribution >= 0.6 is 24.0 Å². The van der Waals surface area contributed by atoms with E-state index < -0.39 is 0 Å². The molecule has 6 heteroatoms. The fourth-order valence-corrected chi connectivity index (χ4v) is 2.42. The molecule has 1 heterocycles. The maximum atomic E-state index is 5.95. The second-order valence-electron chi connectivity index (χ2n) is 5.66. The molecule has 23 heavy (non-hydrogen) atoms. The van der Waals surface area contributed by atoms with Crippen LogP contribution in [-0.2, 0) is 4.74 Å². The Hall–Kier alpha value is -1.02. The van der Waals surface area contributed by atoms with Crippen molar-refractivity contribution in [3.63, 3.8) is 0 Å². The van der Waals surface area contributed by atoms with Crippen LogP contribution in [0.15, 0.2) is 29.3 Å². The molecule has 0 bridgehead atoms. The highest BCUT2D eigenvalue weighted by molar-refractivity contribution is 14.0. The van der Waals surface area contributed by atoms with Gasteiger partial charge in [0.15, 0.2) is 5.96 Å². The van der Waals surface area contributed by atoms with Crippen LogP contribution in [0.1, 0.15) is 25.3 Å². The van der Waals surface area contributed by atoms with Gasteiger partial charge in [0, 0.05) is 20.2 Å². The Morgan fingerprint density at radius 1 is 1.39 bits per heavy atom. The molecule has 1 saturated heterocycles. The van der Waals surface area contributed by atoms with Gasteiger partial charge in [-0.15, -0.1) is 24.0 Å². The lowest BCUT2D eigenvalue weighted by molar-refractivity contribution is 0.113. The maximum absolute atomic E-state index is 5.95. The van der Waals surface area contributed by atoms with E-state index in [1.807, 2.05) is 25.1 Å². The average molecular weight is 433 g/mol. The zero-order valence-corrected chi connectivity index (χ0v) is 16.5. The van der Waals surface area contributed by atoms with Crippen molar-refractivity contribution in [3.8, 4) is 5.75 Å². The van der Waals surface area contributed by atoms with Crippen molar-refractivity contribution in [1.29, 1.82) is 0 Å². The van der Waals surface area contributed by atoms with Crippen molar-refractivity contribution in [3.05, 3.63) is 29.8 Å². The number of hydrogen-bond donors (Lipinski definition) is 2. The minimum absolute atomic E-state index is 0. The summed E-state index contributed by atoms with van der Waals surface area (Å²) in [6, 6.07) is 8.06. The van der Waals surface area contributed by atoms with Crippen molar-refractivity contribution in [2.75, 3.05) is 26.7 Å². The molecule has 1 aromatic carbocycles. The number of nitrogens with one attached hydrogen (secondary N) is 2. The third-order valence-corrected chi connectivity index (χ3v) is 3.72. The molecule has 1 aliphatic rings. The predicted octanol–water partition coefficient (Wildman–Crippen LogP) is 2.72. The van der Waals surface area contributed by atoms with E-state index in [-0.39, 0.29) is 30.1 Å². The lowest BCUT2D eigenvalue weighted by Gasteiger charge is -2.19. The highest BCUT2D eigenvalue weighted by Gasteiger charge is 2.15. The van der Waals surface area contributed by atoms with E-state index in [9.17, 15) is 0 Å². The number of nitrogens with zero attached hydrogens (tertiary/aromatic N) is 1. The summed E-state index contributed by atoms with van der Waals surface area (Å²) < 4.78 is 11.5. The number of aryl methyl sites for hydroxylation is 1. The van der Waals surface area contributed by atoms with Crippen molar-refractivity contribution in [2.24, 2.45) is 4.99 Å². The Labute approximate surface area is 156 Å². The number of halogens is 1. The lowest BCUT2D eigenvalue weighted by Crippen LogP contribution is -2.44. The van der Waals surface area contributed by atoms with E-state index in [0.717, 1.165) is 43.3 Å². The van der Waals surface area contributed by atoms with Gasteiger partial charge in [0.25, 0.3) is 0 Å². The van der Waals surface area contributed by atoms with Crippen LogP contribution in [0.4, 0.5) is 0 Å². The summed E-state index contributed by atoms with van der Waals surface area (Å²) >= 11 is 0. The second-order valence-corrected chi connectivity index (χ2v) is 5.66. The Bertz CT molecular complexity index is 490. The van der Waals surface area contributed by atoms with Crippen LogP contribution in [0.25, 0.3) is 0 Å². The van der Waals surface area contributed by atoms with Crippen LogP contribution < -0.4 is 15.4 Å². The highest BCUT2D eigenvalue weighted by atomic mass is 127. The van der Waals surface area contributed by atoms with Crippen molar-refractivity contribution >= 4 is 29.9 Å². The van der Waals surface area contributed by atoms with Crippen LogP contribution in [0.3, 0.4) is 0 Å². The normalized spacial score (nSPS) is 18.9. The molecule has 0 radical (unpaired) electrons. The summed E-state index contributed by atoms with van der Waals surface area (Å²) in [5.74, 6) is 1.72. The molecular formula is C17H28IN3O2. The van der Waals surface area contributed by atoms with Gasteiger partial charge in [-0.3, -0.25) is 4.99 Å². The van der Waals surface area contributed by atoms with Gasteiger partial charge >= 0.3 is 0 Å². The van der Waals surface area contributed by atoms with E-state index in [0.29, 0.717) is 12.6 Å². The zero-order valence-electron chi connectivity index (χ0n) is 14.2. The van der Waals surface area contributed by atoms with Crippen molar-refractivity contribution < 1.29 is 9.47 Å². The summed E-state index contributed by atoms with van der Waals surface area (Å²) in [6.45, 7) is 6.47. The van der Waals surface area contributed by atoms with E-state index in [4.69, 9.17) is 9.47 Å². The molecule has 130 valence electrons. The van der Waals surface area contributed by atoms with E-state index >= 15 is 0 Å². The van der Waals surface area contributed by atoms with Crippen molar-refractivity contribution in [2.45, 2.75) is 38.9 Å². The van der Waals surface area contributed by atoms with Crippen LogP contribution in [0.2, 0.25) is 0 Å². The smallest absolute Gasteiger partial charge is 0.191 e. The Balaban J connectivity index is 0.00000264. The Kier molecular flexibility index (Phi) is 9.31. The van der Waals surface area contributed by atoms with Gasteiger partial charge in [0.05, 0.1) is 12.6 Å². The van der Waals surface area contributed by atoms with Gasteiger partial charge in [0.1, 0.15) is 11.9 Å². The summed E-state index contributed by atoms with van der Waals surface area (Å²) in [6.07, 6.45) is 2.64. The molecular weight excluding hydrogens is 405 g/mol. The fraction of sp³-hybridized carbons (Fsp3) is 0.588. The van der Waals surface area contributed by atoms with Gasteiger partial charge in [-0.1, -0.05) is 18.2 Å². The number of aliphatic imine (C=N–C) groups is 1. The highest BCUT2D eigenvalue weighted by Crippen LogP contribution is 2.17. The Morgan fingerprint density at radius 2 is 2.17 bits per heavy atom. The molecule has 5 nitrogen and oxygen atoms in total. The van der Waals surface area contributed by atoms with Crippen LogP contribution in [0, 0.1) is 6.92 Å². The monoisotopic (exact) mass is 433 g/mol. The number of rotatable bonds is 6. The first-order valence-corrected chi connectivity index (χ1v) is 7.97. The van der Waals surface area contributed by atoms with E-state index in [1.54, 1.807) is 7.05 Å². The van der Waals surface area contributed by atoms with Gasteiger partial charge in [-0.25, -0.2) is 0 Å². The summed E-state index contributed by atoms with van der Waals surface area (Å²) in [4.78, 5) is 4.23. The zero-order chi connectivity index (χ0) is 15.8. The van der Waals surface area contributed by atoms with Crippen LogP contribution in [0.5, 0.6) is 5.75 Å². The lowest BCUT2D eigenvalue weighted by atomic mass is 10.2. The predicted molar refractivity (Wildman–Crippen MR) is 105 cm³/mol. The molecule has 1 aliphatic heterocycles. The molecule has 0 amide bonds. The topological polar surface area (TPSA) is 54.9 Å². The minimum Gasteiger partial charge on any atom is -0.489 e. The first-order chi connectivity index (χ1) is 10.7. The number of benzene rings is 1. The Morgan fingerprint density at radius 3 is 2.83 bits per heavy atom. The summed E-state index contributed by atoms with van der Waals surface area (Å²) in [5, 5.41) is 6.59. The fourth-order valence-electron chi connectivity index (χ4n) is 2.42. The second kappa shape index (κ2) is 10.7.